The van der Waals surface area contributed by atoms with E-state index < -0.39 is 0 Å². The normalized spacial score (nSPS) is 33.4. The maximum Gasteiger partial charge on any atom is 0.245 e. The van der Waals surface area contributed by atoms with Crippen LogP contribution in [0.4, 0.5) is 0 Å². The number of amides is 2. The van der Waals surface area contributed by atoms with Crippen molar-refractivity contribution in [1.29, 1.82) is 0 Å². The summed E-state index contributed by atoms with van der Waals surface area (Å²) >= 11 is 0. The second-order valence-corrected chi connectivity index (χ2v) is 5.77. The Morgan fingerprint density at radius 3 is 2.67 bits per heavy atom. The average Bonchev–Trinajstić information content (AvgIpc) is 2.36. The lowest BCUT2D eigenvalue weighted by Gasteiger charge is -2.37. The van der Waals surface area contributed by atoms with Crippen LogP contribution in [0.1, 0.15) is 46.0 Å². The predicted octanol–water partition coefficient (Wildman–Crippen LogP) is 1.55. The minimum atomic E-state index is -0.301. The Bertz CT molecular complexity index is 330. The van der Waals surface area contributed by atoms with Gasteiger partial charge in [-0.3, -0.25) is 9.59 Å². The molecule has 2 fully saturated rings. The van der Waals surface area contributed by atoms with Crippen molar-refractivity contribution in [3.05, 3.63) is 0 Å². The Balaban J connectivity index is 1.98. The summed E-state index contributed by atoms with van der Waals surface area (Å²) in [7, 11) is 0. The van der Waals surface area contributed by atoms with Gasteiger partial charge in [0.25, 0.3) is 0 Å². The second-order valence-electron chi connectivity index (χ2n) is 5.77. The Labute approximate surface area is 109 Å². The largest absolute Gasteiger partial charge is 0.343 e. The third kappa shape index (κ3) is 2.85. The molecule has 0 aromatic carbocycles. The predicted molar refractivity (Wildman–Crippen MR) is 69.9 cm³/mol. The molecule has 0 aromatic rings. The molecule has 2 rings (SSSR count). The maximum atomic E-state index is 12.2. The summed E-state index contributed by atoms with van der Waals surface area (Å²) in [5.41, 5.74) is 0. The molecule has 3 atom stereocenters. The van der Waals surface area contributed by atoms with E-state index in [1.807, 2.05) is 6.92 Å². The van der Waals surface area contributed by atoms with Gasteiger partial charge < -0.3 is 10.2 Å². The highest BCUT2D eigenvalue weighted by atomic mass is 16.2. The van der Waals surface area contributed by atoms with Crippen LogP contribution in [0.2, 0.25) is 0 Å². The van der Waals surface area contributed by atoms with Crippen LogP contribution in [0.15, 0.2) is 0 Å². The molecule has 18 heavy (non-hydrogen) atoms. The lowest BCUT2D eigenvalue weighted by Crippen LogP contribution is -2.58. The number of nitrogens with one attached hydrogen (secondary N) is 1. The van der Waals surface area contributed by atoms with Crippen molar-refractivity contribution in [1.82, 2.24) is 10.2 Å². The van der Waals surface area contributed by atoms with Crippen LogP contribution >= 0.6 is 0 Å². The fourth-order valence-corrected chi connectivity index (χ4v) is 3.15. The molecule has 4 nitrogen and oxygen atoms in total. The first-order valence-corrected chi connectivity index (χ1v) is 7.20. The molecule has 1 saturated heterocycles. The van der Waals surface area contributed by atoms with Crippen molar-refractivity contribution >= 4 is 11.8 Å². The van der Waals surface area contributed by atoms with Crippen molar-refractivity contribution in [3.8, 4) is 0 Å². The van der Waals surface area contributed by atoms with E-state index in [-0.39, 0.29) is 24.4 Å². The van der Waals surface area contributed by atoms with Gasteiger partial charge in [0, 0.05) is 6.54 Å². The van der Waals surface area contributed by atoms with E-state index in [4.69, 9.17) is 0 Å². The van der Waals surface area contributed by atoms with Crippen LogP contribution in [0.25, 0.3) is 0 Å². The standard InChI is InChI=1S/C14H24N2O2/c1-3-12-14(18)16(9-13(17)15-12)8-11-7-5-4-6-10(11)2/h10-12H,3-9H2,1-2H3,(H,15,17). The van der Waals surface area contributed by atoms with Crippen LogP contribution in [-0.2, 0) is 9.59 Å². The number of nitrogens with zero attached hydrogens (tertiary/aromatic N) is 1. The first-order valence-electron chi connectivity index (χ1n) is 7.20. The average molecular weight is 252 g/mol. The summed E-state index contributed by atoms with van der Waals surface area (Å²) in [5.74, 6) is 1.35. The van der Waals surface area contributed by atoms with Crippen LogP contribution < -0.4 is 5.32 Å². The Morgan fingerprint density at radius 2 is 2.00 bits per heavy atom. The summed E-state index contributed by atoms with van der Waals surface area (Å²) in [6.07, 6.45) is 5.71. The van der Waals surface area contributed by atoms with E-state index in [0.717, 1.165) is 6.54 Å². The van der Waals surface area contributed by atoms with Gasteiger partial charge in [0.15, 0.2) is 0 Å². The van der Waals surface area contributed by atoms with Gasteiger partial charge in [-0.05, 0) is 24.7 Å². The van der Waals surface area contributed by atoms with Crippen molar-refractivity contribution in [3.63, 3.8) is 0 Å². The lowest BCUT2D eigenvalue weighted by atomic mass is 9.80. The highest BCUT2D eigenvalue weighted by molar-refractivity contribution is 5.94. The Kier molecular flexibility index (Phi) is 4.25. The molecule has 1 heterocycles. The lowest BCUT2D eigenvalue weighted by molar-refractivity contribution is -0.145. The van der Waals surface area contributed by atoms with Gasteiger partial charge >= 0.3 is 0 Å². The number of rotatable bonds is 3. The highest BCUT2D eigenvalue weighted by Gasteiger charge is 2.34. The van der Waals surface area contributed by atoms with Crippen LogP contribution in [0.3, 0.4) is 0 Å². The molecule has 0 aromatic heterocycles. The van der Waals surface area contributed by atoms with Gasteiger partial charge in [-0.2, -0.15) is 0 Å². The van der Waals surface area contributed by atoms with Gasteiger partial charge in [0.05, 0.1) is 6.54 Å². The topological polar surface area (TPSA) is 49.4 Å². The quantitative estimate of drug-likeness (QED) is 0.828. The monoisotopic (exact) mass is 252 g/mol. The highest BCUT2D eigenvalue weighted by Crippen LogP contribution is 2.30. The third-order valence-corrected chi connectivity index (χ3v) is 4.43. The molecule has 2 amide bonds. The van der Waals surface area contributed by atoms with Crippen LogP contribution in [0, 0.1) is 11.8 Å². The Morgan fingerprint density at radius 1 is 1.28 bits per heavy atom. The van der Waals surface area contributed by atoms with E-state index in [2.05, 4.69) is 12.2 Å². The molecule has 3 unspecified atom stereocenters. The van der Waals surface area contributed by atoms with Crippen molar-refractivity contribution < 1.29 is 9.59 Å². The molecule has 0 radical (unpaired) electrons. The number of piperazine rings is 1. The zero-order valence-electron chi connectivity index (χ0n) is 11.4. The van der Waals surface area contributed by atoms with Gasteiger partial charge in [-0.15, -0.1) is 0 Å². The molecular formula is C14H24N2O2. The van der Waals surface area contributed by atoms with Crippen LogP contribution in [0.5, 0.6) is 0 Å². The van der Waals surface area contributed by atoms with Gasteiger partial charge in [0.2, 0.25) is 11.8 Å². The maximum absolute atomic E-state index is 12.2. The first kappa shape index (κ1) is 13.4. The van der Waals surface area contributed by atoms with Crippen molar-refractivity contribution in [2.45, 2.75) is 52.0 Å². The number of hydrogen-bond donors (Lipinski definition) is 1. The number of carbonyl (C=O) groups excluding carboxylic acids is 2. The van der Waals surface area contributed by atoms with E-state index in [1.165, 1.54) is 25.7 Å². The smallest absolute Gasteiger partial charge is 0.245 e. The van der Waals surface area contributed by atoms with Crippen LogP contribution in [-0.4, -0.2) is 35.8 Å². The zero-order valence-corrected chi connectivity index (χ0v) is 11.4. The fraction of sp³-hybridized carbons (Fsp3) is 0.857. The minimum Gasteiger partial charge on any atom is -0.343 e. The minimum absolute atomic E-state index is 0.00934. The van der Waals surface area contributed by atoms with E-state index in [1.54, 1.807) is 4.90 Å². The molecule has 4 heteroatoms. The molecule has 1 saturated carbocycles. The van der Waals surface area contributed by atoms with Crippen molar-refractivity contribution in [2.75, 3.05) is 13.1 Å². The summed E-state index contributed by atoms with van der Waals surface area (Å²) in [4.78, 5) is 25.6. The summed E-state index contributed by atoms with van der Waals surface area (Å²) < 4.78 is 0. The molecule has 0 spiro atoms. The molecule has 1 aliphatic carbocycles. The number of hydrogen-bond acceptors (Lipinski definition) is 2. The van der Waals surface area contributed by atoms with E-state index in [0.29, 0.717) is 18.3 Å². The summed E-state index contributed by atoms with van der Waals surface area (Å²) in [6, 6.07) is -0.301. The van der Waals surface area contributed by atoms with Crippen molar-refractivity contribution in [2.24, 2.45) is 11.8 Å². The second kappa shape index (κ2) is 5.72. The molecule has 1 aliphatic heterocycles. The zero-order chi connectivity index (χ0) is 13.1. The molecule has 1 N–H and O–H groups in total. The fourth-order valence-electron chi connectivity index (χ4n) is 3.15. The first-order chi connectivity index (χ1) is 8.61. The summed E-state index contributed by atoms with van der Waals surface area (Å²) in [6.45, 7) is 5.23. The van der Waals surface area contributed by atoms with E-state index >= 15 is 0 Å². The Hall–Kier alpha value is -1.06. The van der Waals surface area contributed by atoms with E-state index in [9.17, 15) is 9.59 Å². The summed E-state index contributed by atoms with van der Waals surface area (Å²) in [5, 5.41) is 2.76. The number of carbonyl (C=O) groups is 2. The molecule has 0 bridgehead atoms. The van der Waals surface area contributed by atoms with Gasteiger partial charge in [-0.1, -0.05) is 33.1 Å². The van der Waals surface area contributed by atoms with Gasteiger partial charge in [0.1, 0.15) is 6.04 Å². The molecule has 2 aliphatic rings. The molecular weight excluding hydrogens is 228 g/mol. The third-order valence-electron chi connectivity index (χ3n) is 4.43. The SMILES string of the molecule is CCC1NC(=O)CN(CC2CCCCC2C)C1=O. The molecule has 102 valence electrons. The van der Waals surface area contributed by atoms with Gasteiger partial charge in [-0.25, -0.2) is 0 Å².